The van der Waals surface area contributed by atoms with Crippen molar-refractivity contribution in [3.63, 3.8) is 0 Å². The molecule has 1 aromatic heterocycles. The SMILES string of the molecule is CO[C@H]1CC[C@@]2(C)[C@@H](CC[C@]3(C)[C@@H]2C(=O)C=C2[C@@H]4C[C@@](C)(C(=O)OC(c5ccccc5)c5ccccc5)CC[C@]4(C)CC[C@]23C)[C@]1(C)C(=O)OCc1oc(=O)oc1C(C)C. The largest absolute Gasteiger partial charge is 0.519 e. The maximum Gasteiger partial charge on any atom is 0.519 e. The number of carbonyl (C=O) groups excluding carboxylic acids is 3. The number of hydrogen-bond donors (Lipinski definition) is 0. The zero-order valence-electron chi connectivity index (χ0n) is 37.1. The predicted molar refractivity (Wildman–Crippen MR) is 226 cm³/mol. The number of hydrogen-bond acceptors (Lipinski definition) is 9. The lowest BCUT2D eigenvalue weighted by Gasteiger charge is -2.70. The lowest BCUT2D eigenvalue weighted by atomic mass is 9.33. The van der Waals surface area contributed by atoms with Gasteiger partial charge < -0.3 is 23.0 Å². The number of allylic oxidation sites excluding steroid dienone is 2. The molecule has 4 saturated carbocycles. The number of benzene rings is 2. The molecule has 60 heavy (non-hydrogen) atoms. The van der Waals surface area contributed by atoms with Crippen LogP contribution in [0.3, 0.4) is 0 Å². The molecule has 0 saturated heterocycles. The highest BCUT2D eigenvalue weighted by molar-refractivity contribution is 5.96. The topological polar surface area (TPSA) is 122 Å². The van der Waals surface area contributed by atoms with Crippen molar-refractivity contribution in [3.05, 3.63) is 106 Å². The van der Waals surface area contributed by atoms with Gasteiger partial charge in [0, 0.05) is 18.9 Å². The third-order valence-electron chi connectivity index (χ3n) is 17.4. The first-order valence-electron chi connectivity index (χ1n) is 22.2. The van der Waals surface area contributed by atoms with E-state index in [9.17, 15) is 14.4 Å². The first-order valence-corrected chi connectivity index (χ1v) is 22.2. The van der Waals surface area contributed by atoms with E-state index in [0.717, 1.165) is 56.1 Å². The van der Waals surface area contributed by atoms with Crippen LogP contribution in [0.5, 0.6) is 0 Å². The van der Waals surface area contributed by atoms with Crippen molar-refractivity contribution in [3.8, 4) is 0 Å². The first kappa shape index (κ1) is 42.5. The third-order valence-corrected chi connectivity index (χ3v) is 17.4. The Balaban J connectivity index is 1.10. The van der Waals surface area contributed by atoms with Gasteiger partial charge in [0.2, 0.25) is 0 Å². The van der Waals surface area contributed by atoms with Crippen LogP contribution in [-0.4, -0.2) is 30.9 Å². The number of ketones is 1. The summed E-state index contributed by atoms with van der Waals surface area (Å²) >= 11 is 0. The molecular weight excluding hydrogens is 757 g/mol. The number of esters is 2. The van der Waals surface area contributed by atoms with Crippen molar-refractivity contribution >= 4 is 17.7 Å². The number of rotatable bonds is 9. The molecule has 4 fully saturated rings. The lowest BCUT2D eigenvalue weighted by molar-refractivity contribution is -0.221. The molecule has 0 N–H and O–H groups in total. The fraction of sp³-hybridized carbons (Fsp3) is 0.608. The predicted octanol–water partition coefficient (Wildman–Crippen LogP) is 10.7. The summed E-state index contributed by atoms with van der Waals surface area (Å²) in [6.45, 7) is 16.9. The van der Waals surface area contributed by atoms with Crippen LogP contribution in [0, 0.1) is 50.2 Å². The summed E-state index contributed by atoms with van der Waals surface area (Å²) in [5.74, 6) is -1.29. The van der Waals surface area contributed by atoms with E-state index in [1.54, 1.807) is 7.11 Å². The van der Waals surface area contributed by atoms with Gasteiger partial charge >= 0.3 is 17.8 Å². The van der Waals surface area contributed by atoms with Gasteiger partial charge in [-0.3, -0.25) is 14.4 Å². The van der Waals surface area contributed by atoms with Gasteiger partial charge in [-0.05, 0) is 122 Å². The lowest BCUT2D eigenvalue weighted by Crippen LogP contribution is -2.68. The van der Waals surface area contributed by atoms with Gasteiger partial charge in [-0.15, -0.1) is 0 Å². The Labute approximate surface area is 355 Å². The molecule has 0 aliphatic heterocycles. The second-order valence-corrected chi connectivity index (χ2v) is 20.9. The highest BCUT2D eigenvalue weighted by Crippen LogP contribution is 2.75. The highest BCUT2D eigenvalue weighted by Gasteiger charge is 2.72. The summed E-state index contributed by atoms with van der Waals surface area (Å²) < 4.78 is 29.2. The molecule has 9 heteroatoms. The summed E-state index contributed by atoms with van der Waals surface area (Å²) in [7, 11) is 1.65. The van der Waals surface area contributed by atoms with Crippen molar-refractivity contribution in [2.75, 3.05) is 7.11 Å². The number of fused-ring (bicyclic) bond motifs is 7. The fourth-order valence-corrected chi connectivity index (χ4v) is 13.6. The number of methoxy groups -OCH3 is 1. The Morgan fingerprint density at radius 3 is 2.03 bits per heavy atom. The molecule has 2 aromatic carbocycles. The van der Waals surface area contributed by atoms with Gasteiger partial charge in [0.15, 0.2) is 30.0 Å². The van der Waals surface area contributed by atoms with E-state index in [1.807, 2.05) is 87.5 Å². The van der Waals surface area contributed by atoms with Crippen LogP contribution in [0.25, 0.3) is 0 Å². The molecule has 5 aliphatic rings. The van der Waals surface area contributed by atoms with Crippen molar-refractivity contribution in [2.24, 2.45) is 50.2 Å². The van der Waals surface area contributed by atoms with Gasteiger partial charge in [-0.2, -0.15) is 0 Å². The van der Waals surface area contributed by atoms with Crippen molar-refractivity contribution in [1.82, 2.24) is 0 Å². The molecule has 322 valence electrons. The van der Waals surface area contributed by atoms with E-state index >= 15 is 4.79 Å². The van der Waals surface area contributed by atoms with E-state index in [2.05, 4.69) is 34.6 Å². The second-order valence-electron chi connectivity index (χ2n) is 20.9. The van der Waals surface area contributed by atoms with Crippen LogP contribution in [0.1, 0.15) is 148 Å². The van der Waals surface area contributed by atoms with Gasteiger partial charge in [0.05, 0.1) is 16.9 Å². The molecule has 0 bridgehead atoms. The van der Waals surface area contributed by atoms with E-state index in [-0.39, 0.29) is 64.0 Å². The summed E-state index contributed by atoms with van der Waals surface area (Å²) in [5.41, 5.74) is 0.0709. The normalized spacial score (nSPS) is 37.3. The van der Waals surface area contributed by atoms with Gasteiger partial charge in [-0.1, -0.05) is 108 Å². The van der Waals surface area contributed by atoms with Crippen LogP contribution in [-0.2, 0) is 35.2 Å². The van der Waals surface area contributed by atoms with Crippen LogP contribution >= 0.6 is 0 Å². The van der Waals surface area contributed by atoms with Gasteiger partial charge in [-0.25, -0.2) is 4.79 Å². The van der Waals surface area contributed by atoms with Gasteiger partial charge in [0.1, 0.15) is 0 Å². The molecule has 5 aliphatic carbocycles. The Hall–Kier alpha value is -4.24. The van der Waals surface area contributed by atoms with E-state index in [0.29, 0.717) is 18.6 Å². The fourth-order valence-electron chi connectivity index (χ4n) is 13.6. The summed E-state index contributed by atoms with van der Waals surface area (Å²) in [5, 5.41) is 0. The monoisotopic (exact) mass is 820 g/mol. The number of ether oxygens (including phenoxy) is 3. The minimum atomic E-state index is -1.05. The summed E-state index contributed by atoms with van der Waals surface area (Å²) in [4.78, 5) is 56.3. The van der Waals surface area contributed by atoms with Crippen LogP contribution in [0.2, 0.25) is 0 Å². The van der Waals surface area contributed by atoms with Crippen LogP contribution in [0.4, 0.5) is 0 Å². The van der Waals surface area contributed by atoms with Gasteiger partial charge in [0.25, 0.3) is 0 Å². The third kappa shape index (κ3) is 6.41. The van der Waals surface area contributed by atoms with E-state index < -0.39 is 40.2 Å². The quantitative estimate of drug-likeness (QED) is 0.194. The zero-order chi connectivity index (χ0) is 43.0. The maximum atomic E-state index is 15.2. The molecule has 0 amide bonds. The van der Waals surface area contributed by atoms with Crippen LogP contribution < -0.4 is 5.82 Å². The Bertz CT molecular complexity index is 2180. The van der Waals surface area contributed by atoms with E-state index in [4.69, 9.17) is 23.0 Å². The molecule has 0 unspecified atom stereocenters. The molecule has 10 atom stereocenters. The Morgan fingerprint density at radius 2 is 1.42 bits per heavy atom. The first-order chi connectivity index (χ1) is 28.3. The molecule has 3 aromatic rings. The maximum absolute atomic E-state index is 15.2. The standard InChI is InChI=1S/C51H64O9/c1-31(2)40-37(58-45(55)60-40)30-57-44(54)51(8)38-20-23-50(7)42(48(38,5)22-21-39(51)56-9)36(52)28-34-35-29-47(4,25-24-46(35,3)26-27-49(34,50)6)43(53)59-41(32-16-12-10-13-17-32)33-18-14-11-15-19-33/h10-19,28,31,35,38-39,41-42H,20-27,29-30H2,1-9H3/t35-,38+,39-,42+,46+,47-,48-,49+,50+,51-/m0/s1. The van der Waals surface area contributed by atoms with Crippen molar-refractivity contribution in [1.29, 1.82) is 0 Å². The molecular formula is C51H64O9. The Morgan fingerprint density at radius 1 is 0.783 bits per heavy atom. The van der Waals surface area contributed by atoms with Crippen LogP contribution in [0.15, 0.2) is 85.9 Å². The zero-order valence-corrected chi connectivity index (χ0v) is 37.1. The molecule has 1 heterocycles. The molecule has 0 spiro atoms. The highest BCUT2D eigenvalue weighted by atomic mass is 16.6. The Kier molecular flexibility index (Phi) is 10.6. The average Bonchev–Trinajstić information content (AvgIpc) is 3.61. The smallest absolute Gasteiger partial charge is 0.457 e. The van der Waals surface area contributed by atoms with Crippen molar-refractivity contribution < 1.29 is 37.4 Å². The molecule has 0 radical (unpaired) electrons. The van der Waals surface area contributed by atoms with Crippen molar-refractivity contribution in [2.45, 2.75) is 138 Å². The van der Waals surface area contributed by atoms with E-state index in [1.165, 1.54) is 5.57 Å². The number of carbonyl (C=O) groups is 3. The minimum Gasteiger partial charge on any atom is -0.457 e. The summed E-state index contributed by atoms with van der Waals surface area (Å²) in [6, 6.07) is 19.9. The average molecular weight is 821 g/mol. The minimum absolute atomic E-state index is 0.0452. The molecule has 8 rings (SSSR count). The second kappa shape index (κ2) is 15.0. The summed E-state index contributed by atoms with van der Waals surface area (Å²) in [6.07, 6.45) is 8.14. The molecule has 9 nitrogen and oxygen atoms in total.